The van der Waals surface area contributed by atoms with E-state index in [2.05, 4.69) is 92.1 Å². The van der Waals surface area contributed by atoms with Gasteiger partial charge in [0.25, 0.3) is 0 Å². The molecule has 162 valence electrons. The zero-order valence-electron chi connectivity index (χ0n) is 19.0. The van der Waals surface area contributed by atoms with Gasteiger partial charge in [0.1, 0.15) is 24.1 Å². The van der Waals surface area contributed by atoms with Crippen LogP contribution in [0.2, 0.25) is 0 Å². The van der Waals surface area contributed by atoms with Crippen molar-refractivity contribution >= 4 is 22.9 Å². The summed E-state index contributed by atoms with van der Waals surface area (Å²) in [6.45, 7) is 8.01. The van der Waals surface area contributed by atoms with Gasteiger partial charge in [-0.2, -0.15) is 0 Å². The third-order valence-corrected chi connectivity index (χ3v) is 5.84. The first-order valence-corrected chi connectivity index (χ1v) is 10.8. The minimum atomic E-state index is 0.0365. The Morgan fingerprint density at radius 1 is 1.19 bits per heavy atom. The van der Waals surface area contributed by atoms with Crippen molar-refractivity contribution < 1.29 is 9.15 Å². The van der Waals surface area contributed by atoms with Crippen LogP contribution in [0, 0.1) is 6.92 Å². The number of nitrogens with zero attached hydrogens (tertiary/aromatic N) is 3. The van der Waals surface area contributed by atoms with Crippen LogP contribution in [0.25, 0.3) is 16.7 Å². The van der Waals surface area contributed by atoms with E-state index in [9.17, 15) is 0 Å². The van der Waals surface area contributed by atoms with E-state index < -0.39 is 0 Å². The Morgan fingerprint density at radius 2 is 2.03 bits per heavy atom. The highest BCUT2D eigenvalue weighted by Crippen LogP contribution is 2.36. The third kappa shape index (κ3) is 4.52. The SMILES string of the molecule is Cc1coc2ccc(C3=CC=NC(C)N3C(C)c3cccc(OCCN(C)C)c3)cc12. The highest BCUT2D eigenvalue weighted by atomic mass is 16.5. The summed E-state index contributed by atoms with van der Waals surface area (Å²) in [5.41, 5.74) is 5.60. The van der Waals surface area contributed by atoms with E-state index in [-0.39, 0.29) is 12.2 Å². The fourth-order valence-electron chi connectivity index (χ4n) is 4.06. The predicted octanol–water partition coefficient (Wildman–Crippen LogP) is 5.52. The number of rotatable bonds is 7. The topological polar surface area (TPSA) is 41.2 Å². The van der Waals surface area contributed by atoms with Gasteiger partial charge in [0.05, 0.1) is 12.3 Å². The van der Waals surface area contributed by atoms with Crippen molar-refractivity contribution in [2.75, 3.05) is 27.2 Å². The van der Waals surface area contributed by atoms with Crippen LogP contribution in [0.4, 0.5) is 0 Å². The van der Waals surface area contributed by atoms with Crippen LogP contribution >= 0.6 is 0 Å². The smallest absolute Gasteiger partial charge is 0.134 e. The van der Waals surface area contributed by atoms with E-state index >= 15 is 0 Å². The van der Waals surface area contributed by atoms with E-state index in [4.69, 9.17) is 9.15 Å². The third-order valence-electron chi connectivity index (χ3n) is 5.84. The molecule has 5 heteroatoms. The van der Waals surface area contributed by atoms with E-state index in [1.165, 1.54) is 11.1 Å². The fraction of sp³-hybridized carbons (Fsp3) is 0.346. The molecule has 2 aromatic carbocycles. The summed E-state index contributed by atoms with van der Waals surface area (Å²) in [6, 6.07) is 14.9. The highest BCUT2D eigenvalue weighted by molar-refractivity contribution is 5.90. The molecule has 1 aliphatic heterocycles. The Morgan fingerprint density at radius 3 is 2.84 bits per heavy atom. The van der Waals surface area contributed by atoms with E-state index in [0.29, 0.717) is 6.61 Å². The molecule has 0 amide bonds. The molecular formula is C26H31N3O2. The number of benzene rings is 2. The molecule has 0 radical (unpaired) electrons. The van der Waals surface area contributed by atoms with Gasteiger partial charge in [-0.3, -0.25) is 4.99 Å². The molecule has 0 spiro atoms. The van der Waals surface area contributed by atoms with Crippen molar-refractivity contribution in [2.45, 2.75) is 33.0 Å². The summed E-state index contributed by atoms with van der Waals surface area (Å²) in [7, 11) is 4.10. The van der Waals surface area contributed by atoms with Gasteiger partial charge in [-0.1, -0.05) is 12.1 Å². The van der Waals surface area contributed by atoms with Crippen molar-refractivity contribution in [2.24, 2.45) is 4.99 Å². The van der Waals surface area contributed by atoms with Crippen LogP contribution in [0.15, 0.2) is 64.2 Å². The molecule has 0 saturated carbocycles. The number of furan rings is 1. The van der Waals surface area contributed by atoms with Gasteiger partial charge in [-0.25, -0.2) is 0 Å². The maximum atomic E-state index is 5.97. The number of likely N-dealkylation sites (N-methyl/N-ethyl adjacent to an activating group) is 1. The molecule has 0 aliphatic carbocycles. The number of fused-ring (bicyclic) bond motifs is 1. The minimum absolute atomic E-state index is 0.0365. The van der Waals surface area contributed by atoms with Crippen molar-refractivity contribution in [3.63, 3.8) is 0 Å². The lowest BCUT2D eigenvalue weighted by Gasteiger charge is -2.38. The summed E-state index contributed by atoms with van der Waals surface area (Å²) < 4.78 is 11.6. The van der Waals surface area contributed by atoms with Crippen molar-refractivity contribution in [1.82, 2.24) is 9.80 Å². The van der Waals surface area contributed by atoms with E-state index in [0.717, 1.165) is 34.5 Å². The van der Waals surface area contributed by atoms with Crippen LogP contribution < -0.4 is 4.74 Å². The average Bonchev–Trinajstić information content (AvgIpc) is 3.13. The van der Waals surface area contributed by atoms with Crippen LogP contribution in [-0.2, 0) is 0 Å². The Kier molecular flexibility index (Phi) is 6.14. The number of aliphatic imine (C=N–C) groups is 1. The fourth-order valence-corrected chi connectivity index (χ4v) is 4.06. The van der Waals surface area contributed by atoms with Crippen LogP contribution in [-0.4, -0.2) is 49.4 Å². The van der Waals surface area contributed by atoms with Gasteiger partial charge in [0, 0.05) is 23.8 Å². The molecule has 31 heavy (non-hydrogen) atoms. The molecule has 0 N–H and O–H groups in total. The van der Waals surface area contributed by atoms with Gasteiger partial charge >= 0.3 is 0 Å². The second-order valence-electron chi connectivity index (χ2n) is 8.42. The molecule has 0 fully saturated rings. The Labute approximate surface area is 184 Å². The Bertz CT molecular complexity index is 1110. The quantitative estimate of drug-likeness (QED) is 0.508. The molecule has 2 atom stereocenters. The second kappa shape index (κ2) is 8.98. The Balaban J connectivity index is 1.62. The molecule has 5 nitrogen and oxygen atoms in total. The van der Waals surface area contributed by atoms with Crippen LogP contribution in [0.3, 0.4) is 0 Å². The summed E-state index contributed by atoms with van der Waals surface area (Å²) in [5.74, 6) is 0.903. The largest absolute Gasteiger partial charge is 0.492 e. The van der Waals surface area contributed by atoms with Gasteiger partial charge < -0.3 is 19.0 Å². The summed E-state index contributed by atoms with van der Waals surface area (Å²) in [4.78, 5) is 9.16. The lowest BCUT2D eigenvalue weighted by atomic mass is 10.0. The Hall–Kier alpha value is -3.05. The summed E-state index contributed by atoms with van der Waals surface area (Å²) in [6.07, 6.45) is 5.87. The maximum absolute atomic E-state index is 5.97. The molecule has 3 aromatic rings. The molecule has 1 aromatic heterocycles. The first-order chi connectivity index (χ1) is 14.9. The minimum Gasteiger partial charge on any atom is -0.492 e. The molecule has 0 saturated heterocycles. The maximum Gasteiger partial charge on any atom is 0.134 e. The zero-order valence-corrected chi connectivity index (χ0v) is 19.0. The normalized spacial score (nSPS) is 17.3. The van der Waals surface area contributed by atoms with Gasteiger partial charge in [0.2, 0.25) is 0 Å². The highest BCUT2D eigenvalue weighted by Gasteiger charge is 2.26. The first-order valence-electron chi connectivity index (χ1n) is 10.8. The molecule has 4 rings (SSSR count). The van der Waals surface area contributed by atoms with E-state index in [1.807, 2.05) is 18.5 Å². The number of aryl methyl sites for hydroxylation is 1. The number of ether oxygens (including phenoxy) is 1. The van der Waals surface area contributed by atoms with Gasteiger partial charge in [-0.15, -0.1) is 0 Å². The standard InChI is InChI=1S/C26H31N3O2/c1-18-17-31-26-10-9-22(16-24(18)26)25-11-12-27-20(3)29(25)19(2)21-7-6-8-23(15-21)30-14-13-28(4)5/h6-12,15-17,19-20H,13-14H2,1-5H3. The molecule has 0 bridgehead atoms. The summed E-state index contributed by atoms with van der Waals surface area (Å²) in [5, 5.41) is 1.15. The second-order valence-corrected chi connectivity index (χ2v) is 8.42. The summed E-state index contributed by atoms with van der Waals surface area (Å²) >= 11 is 0. The monoisotopic (exact) mass is 417 g/mol. The van der Waals surface area contributed by atoms with Crippen molar-refractivity contribution in [3.05, 3.63) is 71.5 Å². The zero-order chi connectivity index (χ0) is 22.0. The average molecular weight is 418 g/mol. The molecule has 2 unspecified atom stereocenters. The van der Waals surface area contributed by atoms with Gasteiger partial charge in [0.15, 0.2) is 0 Å². The van der Waals surface area contributed by atoms with E-state index in [1.54, 1.807) is 0 Å². The molecule has 2 heterocycles. The molecular weight excluding hydrogens is 386 g/mol. The number of hydrogen-bond donors (Lipinski definition) is 0. The van der Waals surface area contributed by atoms with Crippen molar-refractivity contribution in [3.8, 4) is 5.75 Å². The van der Waals surface area contributed by atoms with Crippen LogP contribution in [0.5, 0.6) is 5.75 Å². The predicted molar refractivity (Wildman–Crippen MR) is 128 cm³/mol. The van der Waals surface area contributed by atoms with Crippen LogP contribution in [0.1, 0.15) is 36.6 Å². The number of hydrogen-bond acceptors (Lipinski definition) is 5. The van der Waals surface area contributed by atoms with Crippen molar-refractivity contribution in [1.29, 1.82) is 0 Å². The lowest BCUT2D eigenvalue weighted by molar-refractivity contribution is 0.248. The molecule has 1 aliphatic rings. The first kappa shape index (κ1) is 21.2. The lowest BCUT2D eigenvalue weighted by Crippen LogP contribution is -2.35. The van der Waals surface area contributed by atoms with Gasteiger partial charge in [-0.05, 0) is 88.0 Å². The number of allylic oxidation sites excluding steroid dienone is 1.